The zero-order valence-corrected chi connectivity index (χ0v) is 22.5. The lowest BCUT2D eigenvalue weighted by atomic mass is 9.97. The fourth-order valence-electron chi connectivity index (χ4n) is 5.96. The van der Waals surface area contributed by atoms with Gasteiger partial charge < -0.3 is 19.1 Å². The highest BCUT2D eigenvalue weighted by Gasteiger charge is 2.28. The molecule has 2 aliphatic heterocycles. The highest BCUT2D eigenvalue weighted by Crippen LogP contribution is 2.33. The minimum Gasteiger partial charge on any atom is -0.381 e. The molecule has 37 heavy (non-hydrogen) atoms. The fourth-order valence-corrected chi connectivity index (χ4v) is 5.96. The number of halogens is 1. The molecule has 2 aliphatic rings. The number of aromatic nitrogens is 2. The summed E-state index contributed by atoms with van der Waals surface area (Å²) in [6.45, 7) is 11.3. The van der Waals surface area contributed by atoms with Gasteiger partial charge in [-0.25, -0.2) is 4.39 Å². The molecule has 3 aromatic rings. The van der Waals surface area contributed by atoms with Crippen LogP contribution in [0.4, 0.5) is 4.39 Å². The molecular weight excluding hydrogens is 467 g/mol. The number of carbonyl (C=O) groups excluding carboxylic acids is 1. The quantitative estimate of drug-likeness (QED) is 0.440. The van der Waals surface area contributed by atoms with E-state index in [0.717, 1.165) is 49.7 Å². The van der Waals surface area contributed by atoms with E-state index in [1.165, 1.54) is 48.9 Å². The number of hydrogen-bond acceptors (Lipinski definition) is 4. The van der Waals surface area contributed by atoms with Crippen molar-refractivity contribution >= 4 is 16.8 Å². The molecule has 0 spiro atoms. The normalized spacial score (nSPS) is 19.2. The van der Waals surface area contributed by atoms with Crippen molar-refractivity contribution in [2.45, 2.75) is 52.5 Å². The van der Waals surface area contributed by atoms with Crippen LogP contribution in [0.2, 0.25) is 0 Å². The molecule has 2 aromatic heterocycles. The molecule has 6 nitrogen and oxygen atoms in total. The van der Waals surface area contributed by atoms with Gasteiger partial charge in [0.1, 0.15) is 5.82 Å². The average Bonchev–Trinajstić information content (AvgIpc) is 3.48. The predicted molar refractivity (Wildman–Crippen MR) is 145 cm³/mol. The van der Waals surface area contributed by atoms with Gasteiger partial charge in [-0.2, -0.15) is 0 Å². The average molecular weight is 507 g/mol. The van der Waals surface area contributed by atoms with Gasteiger partial charge in [0.05, 0.1) is 23.0 Å². The number of benzene rings is 1. The number of hydrogen-bond donors (Lipinski definition) is 0. The number of aryl methyl sites for hydroxylation is 1. The summed E-state index contributed by atoms with van der Waals surface area (Å²) in [7, 11) is 1.76. The van der Waals surface area contributed by atoms with Gasteiger partial charge in [0, 0.05) is 57.2 Å². The Morgan fingerprint density at radius 2 is 1.97 bits per heavy atom. The topological polar surface area (TPSA) is 50.6 Å². The number of likely N-dealkylation sites (tertiary alicyclic amines) is 1. The number of amides is 1. The minimum absolute atomic E-state index is 0.0101. The van der Waals surface area contributed by atoms with Crippen LogP contribution in [0.25, 0.3) is 16.6 Å². The first-order chi connectivity index (χ1) is 17.8. The first-order valence-electron chi connectivity index (χ1n) is 13.6. The second kappa shape index (κ2) is 10.9. The lowest BCUT2D eigenvalue weighted by Gasteiger charge is -2.27. The van der Waals surface area contributed by atoms with Crippen molar-refractivity contribution in [2.75, 3.05) is 39.9 Å². The Bertz CT molecular complexity index is 1260. The Labute approximate surface area is 219 Å². The van der Waals surface area contributed by atoms with Gasteiger partial charge in [0.15, 0.2) is 0 Å². The third-order valence-corrected chi connectivity index (χ3v) is 8.26. The van der Waals surface area contributed by atoms with Crippen LogP contribution in [-0.4, -0.2) is 71.2 Å². The Hall–Kier alpha value is -2.77. The van der Waals surface area contributed by atoms with Crippen LogP contribution in [0.3, 0.4) is 0 Å². The van der Waals surface area contributed by atoms with Gasteiger partial charge in [-0.05, 0) is 94.2 Å². The number of nitrogens with zero attached hydrogens (tertiary/aromatic N) is 4. The summed E-state index contributed by atoms with van der Waals surface area (Å²) in [6, 6.07) is 4.52. The Morgan fingerprint density at radius 1 is 1.19 bits per heavy atom. The molecule has 0 saturated carbocycles. The van der Waals surface area contributed by atoms with Gasteiger partial charge in [-0.3, -0.25) is 9.78 Å². The SMILES string of the molecule is Cc1cncc2c1c(CC1CCN(CC3CCOCC3)C1)cn2-c1ccc(F)cc1C(=O)N(C)C(C)C. The predicted octanol–water partition coefficient (Wildman–Crippen LogP) is 5.24. The molecule has 1 unspecified atom stereocenters. The van der Waals surface area contributed by atoms with E-state index in [1.54, 1.807) is 18.0 Å². The molecule has 198 valence electrons. The van der Waals surface area contributed by atoms with Gasteiger partial charge in [0.2, 0.25) is 0 Å². The van der Waals surface area contributed by atoms with Crippen LogP contribution in [0.5, 0.6) is 0 Å². The van der Waals surface area contributed by atoms with Crippen molar-refractivity contribution in [2.24, 2.45) is 11.8 Å². The summed E-state index contributed by atoms with van der Waals surface area (Å²) in [5.74, 6) is 0.743. The Balaban J connectivity index is 1.45. The maximum atomic E-state index is 14.3. The molecule has 1 amide bonds. The first-order valence-corrected chi connectivity index (χ1v) is 13.6. The van der Waals surface area contributed by atoms with Gasteiger partial charge in [0.25, 0.3) is 5.91 Å². The highest BCUT2D eigenvalue weighted by molar-refractivity contribution is 5.99. The smallest absolute Gasteiger partial charge is 0.256 e. The van der Waals surface area contributed by atoms with E-state index in [1.807, 2.05) is 30.8 Å². The standard InChI is InChI=1S/C30H39FN4O2/c1-20(2)33(4)30(36)26-14-25(31)5-6-27(26)35-19-24(29-21(3)15-32-16-28(29)35)13-23-7-10-34(18-23)17-22-8-11-37-12-9-22/h5-6,14-16,19-20,22-23H,7-13,17-18H2,1-4H3. The van der Waals surface area contributed by atoms with E-state index in [9.17, 15) is 9.18 Å². The molecule has 0 radical (unpaired) electrons. The van der Waals surface area contributed by atoms with E-state index in [4.69, 9.17) is 4.74 Å². The number of pyridine rings is 1. The molecule has 0 N–H and O–H groups in total. The number of carbonyl (C=O) groups is 1. The highest BCUT2D eigenvalue weighted by atomic mass is 19.1. The summed E-state index contributed by atoms with van der Waals surface area (Å²) in [4.78, 5) is 22.1. The number of fused-ring (bicyclic) bond motifs is 1. The van der Waals surface area contributed by atoms with E-state index >= 15 is 0 Å². The van der Waals surface area contributed by atoms with Crippen molar-refractivity contribution in [3.63, 3.8) is 0 Å². The summed E-state index contributed by atoms with van der Waals surface area (Å²) >= 11 is 0. The van der Waals surface area contributed by atoms with Crippen LogP contribution < -0.4 is 0 Å². The third kappa shape index (κ3) is 5.43. The molecule has 5 rings (SSSR count). The monoisotopic (exact) mass is 506 g/mol. The van der Waals surface area contributed by atoms with Crippen LogP contribution in [0.1, 0.15) is 54.6 Å². The number of rotatable bonds is 7. The molecule has 0 bridgehead atoms. The lowest BCUT2D eigenvalue weighted by molar-refractivity contribution is 0.0551. The van der Waals surface area contributed by atoms with Gasteiger partial charge in [-0.1, -0.05) is 0 Å². The summed E-state index contributed by atoms with van der Waals surface area (Å²) in [5, 5.41) is 1.19. The molecule has 2 fully saturated rings. The van der Waals surface area contributed by atoms with Crippen LogP contribution in [0, 0.1) is 24.6 Å². The second-order valence-electron chi connectivity index (χ2n) is 11.2. The van der Waals surface area contributed by atoms with Crippen molar-refractivity contribution in [3.8, 4) is 5.69 Å². The second-order valence-corrected chi connectivity index (χ2v) is 11.2. The molecule has 7 heteroatoms. The Morgan fingerprint density at radius 3 is 2.73 bits per heavy atom. The van der Waals surface area contributed by atoms with E-state index in [2.05, 4.69) is 23.0 Å². The van der Waals surface area contributed by atoms with E-state index < -0.39 is 5.82 Å². The summed E-state index contributed by atoms with van der Waals surface area (Å²) < 4.78 is 21.9. The largest absolute Gasteiger partial charge is 0.381 e. The van der Waals surface area contributed by atoms with Crippen LogP contribution in [-0.2, 0) is 11.2 Å². The van der Waals surface area contributed by atoms with Crippen molar-refractivity contribution in [3.05, 3.63) is 59.3 Å². The van der Waals surface area contributed by atoms with Crippen molar-refractivity contribution in [1.82, 2.24) is 19.4 Å². The number of ether oxygens (including phenoxy) is 1. The maximum Gasteiger partial charge on any atom is 0.256 e. The minimum atomic E-state index is -0.411. The molecule has 4 heterocycles. The van der Waals surface area contributed by atoms with Crippen molar-refractivity contribution in [1.29, 1.82) is 0 Å². The van der Waals surface area contributed by atoms with E-state index in [-0.39, 0.29) is 11.9 Å². The lowest BCUT2D eigenvalue weighted by Crippen LogP contribution is -2.33. The van der Waals surface area contributed by atoms with Gasteiger partial charge >= 0.3 is 0 Å². The fraction of sp³-hybridized carbons (Fsp3) is 0.533. The van der Waals surface area contributed by atoms with Crippen molar-refractivity contribution < 1.29 is 13.9 Å². The maximum absolute atomic E-state index is 14.3. The zero-order valence-electron chi connectivity index (χ0n) is 22.5. The summed E-state index contributed by atoms with van der Waals surface area (Å²) in [5.41, 5.74) is 4.41. The molecular formula is C30H39FN4O2. The third-order valence-electron chi connectivity index (χ3n) is 8.26. The van der Waals surface area contributed by atoms with E-state index in [0.29, 0.717) is 17.2 Å². The summed E-state index contributed by atoms with van der Waals surface area (Å²) in [6.07, 6.45) is 10.4. The molecule has 2 saturated heterocycles. The molecule has 0 aliphatic carbocycles. The Kier molecular flexibility index (Phi) is 7.63. The van der Waals surface area contributed by atoms with Crippen LogP contribution in [0.15, 0.2) is 36.8 Å². The molecule has 1 aromatic carbocycles. The zero-order chi connectivity index (χ0) is 26.1. The molecule has 1 atom stereocenters. The first kappa shape index (κ1) is 25.9. The van der Waals surface area contributed by atoms with Gasteiger partial charge in [-0.15, -0.1) is 0 Å². The van der Waals surface area contributed by atoms with Crippen LogP contribution >= 0.6 is 0 Å².